The van der Waals surface area contributed by atoms with Gasteiger partial charge < -0.3 is 9.64 Å². The van der Waals surface area contributed by atoms with Gasteiger partial charge in [-0.1, -0.05) is 21.6 Å². The van der Waals surface area contributed by atoms with E-state index in [9.17, 15) is 9.59 Å². The van der Waals surface area contributed by atoms with Crippen molar-refractivity contribution >= 4 is 43.3 Å². The zero-order valence-corrected chi connectivity index (χ0v) is 11.5. The third-order valence-electron chi connectivity index (χ3n) is 1.54. The summed E-state index contributed by atoms with van der Waals surface area (Å²) in [6.07, 6.45) is 2.44. The molecular formula is C8H15NO3S3. The van der Waals surface area contributed by atoms with Crippen LogP contribution >= 0.6 is 31.4 Å². The smallest absolute Gasteiger partial charge is 0.325 e. The van der Waals surface area contributed by atoms with Gasteiger partial charge in [-0.05, 0) is 16.1 Å². The summed E-state index contributed by atoms with van der Waals surface area (Å²) in [7, 11) is 7.86. The van der Waals surface area contributed by atoms with Crippen molar-refractivity contribution in [3.63, 3.8) is 0 Å². The van der Waals surface area contributed by atoms with Gasteiger partial charge in [-0.25, -0.2) is 0 Å². The number of esters is 1. The number of likely N-dealkylation sites (N-methyl/N-ethyl adjacent to an activating group) is 1. The average Bonchev–Trinajstić information content (AvgIpc) is 2.23. The first-order valence-electron chi connectivity index (χ1n) is 4.25. The molecule has 0 radical (unpaired) electrons. The van der Waals surface area contributed by atoms with Gasteiger partial charge in [-0.2, -0.15) is 0 Å². The molecule has 0 spiro atoms. The molecule has 1 amide bonds. The minimum Gasteiger partial charge on any atom is -0.468 e. The molecule has 0 atom stereocenters. The fourth-order valence-corrected chi connectivity index (χ4v) is 3.39. The first-order chi connectivity index (χ1) is 7.11. The molecule has 0 rings (SSSR count). The van der Waals surface area contributed by atoms with Gasteiger partial charge in [0.2, 0.25) is 5.91 Å². The van der Waals surface area contributed by atoms with E-state index in [0.717, 1.165) is 5.75 Å². The summed E-state index contributed by atoms with van der Waals surface area (Å²) in [6, 6.07) is 0. The Balaban J connectivity index is 3.64. The zero-order chi connectivity index (χ0) is 11.7. The summed E-state index contributed by atoms with van der Waals surface area (Å²) < 4.78 is 4.47. The highest BCUT2D eigenvalue weighted by Gasteiger charge is 2.12. The fraction of sp³-hybridized carbons (Fsp3) is 0.750. The van der Waals surface area contributed by atoms with E-state index in [1.54, 1.807) is 38.5 Å². The highest BCUT2D eigenvalue weighted by molar-refractivity contribution is 9.09. The number of rotatable bonds is 7. The second-order valence-electron chi connectivity index (χ2n) is 2.63. The van der Waals surface area contributed by atoms with E-state index in [1.807, 2.05) is 6.26 Å². The van der Waals surface area contributed by atoms with Gasteiger partial charge in [0.25, 0.3) is 0 Å². The minimum atomic E-state index is -0.392. The van der Waals surface area contributed by atoms with Gasteiger partial charge in [0.05, 0.1) is 7.11 Å². The van der Waals surface area contributed by atoms with Crippen LogP contribution in [0.3, 0.4) is 0 Å². The van der Waals surface area contributed by atoms with Gasteiger partial charge >= 0.3 is 5.97 Å². The summed E-state index contributed by atoms with van der Waals surface area (Å²) in [5.41, 5.74) is 0. The average molecular weight is 269 g/mol. The Morgan fingerprint density at radius 1 is 1.40 bits per heavy atom. The molecule has 0 bridgehead atoms. The standard InChI is InChI=1S/C8H15NO3S3/c1-9(6-8(11)12-2)7(10)4-5-14-15-13-3/h4-6H2,1-3H3. The number of methoxy groups -OCH3 is 1. The molecular weight excluding hydrogens is 254 g/mol. The van der Waals surface area contributed by atoms with Gasteiger partial charge in [0.1, 0.15) is 6.54 Å². The van der Waals surface area contributed by atoms with Crippen molar-refractivity contribution in [3.8, 4) is 0 Å². The highest BCUT2D eigenvalue weighted by atomic mass is 33.5. The second kappa shape index (κ2) is 9.23. The number of hydrogen-bond acceptors (Lipinski definition) is 6. The van der Waals surface area contributed by atoms with E-state index in [4.69, 9.17) is 0 Å². The van der Waals surface area contributed by atoms with Crippen LogP contribution in [-0.4, -0.2) is 49.5 Å². The maximum atomic E-state index is 11.4. The van der Waals surface area contributed by atoms with Crippen LogP contribution < -0.4 is 0 Å². The van der Waals surface area contributed by atoms with Crippen LogP contribution in [0, 0.1) is 0 Å². The molecule has 0 N–H and O–H groups in total. The number of ether oxygens (including phenoxy) is 1. The van der Waals surface area contributed by atoms with E-state index in [1.165, 1.54) is 12.0 Å². The van der Waals surface area contributed by atoms with Crippen LogP contribution in [0.4, 0.5) is 0 Å². The third-order valence-corrected chi connectivity index (χ3v) is 5.43. The van der Waals surface area contributed by atoms with Crippen molar-refractivity contribution in [2.24, 2.45) is 0 Å². The van der Waals surface area contributed by atoms with Gasteiger partial charge in [-0.15, -0.1) is 0 Å². The lowest BCUT2D eigenvalue weighted by Crippen LogP contribution is -2.32. The first kappa shape index (κ1) is 15.0. The third kappa shape index (κ3) is 7.87. The number of amides is 1. The minimum absolute atomic E-state index is 0.0235. The number of hydrogen-bond donors (Lipinski definition) is 0. The van der Waals surface area contributed by atoms with Crippen molar-refractivity contribution < 1.29 is 14.3 Å². The predicted octanol–water partition coefficient (Wildman–Crippen LogP) is 1.67. The summed E-state index contributed by atoms with van der Waals surface area (Å²) in [4.78, 5) is 23.7. The molecule has 15 heavy (non-hydrogen) atoms. The number of carbonyl (C=O) groups is 2. The molecule has 0 aromatic rings. The number of nitrogens with zero attached hydrogens (tertiary/aromatic N) is 1. The first-order valence-corrected chi connectivity index (χ1v) is 8.31. The van der Waals surface area contributed by atoms with Gasteiger partial charge in [-0.3, -0.25) is 9.59 Å². The Labute approximate surface area is 102 Å². The van der Waals surface area contributed by atoms with Gasteiger partial charge in [0, 0.05) is 19.2 Å². The summed E-state index contributed by atoms with van der Waals surface area (Å²) in [5.74, 6) is 0.335. The van der Waals surface area contributed by atoms with Crippen LogP contribution in [0.2, 0.25) is 0 Å². The normalized spacial score (nSPS) is 9.80. The maximum Gasteiger partial charge on any atom is 0.325 e. The summed E-state index contributed by atoms with van der Waals surface area (Å²) >= 11 is 0. The number of carbonyl (C=O) groups excluding carboxylic acids is 2. The lowest BCUT2D eigenvalue weighted by atomic mass is 10.4. The monoisotopic (exact) mass is 269 g/mol. The molecule has 0 saturated carbocycles. The molecule has 4 nitrogen and oxygen atoms in total. The van der Waals surface area contributed by atoms with Crippen molar-refractivity contribution in [3.05, 3.63) is 0 Å². The lowest BCUT2D eigenvalue weighted by Gasteiger charge is -2.14. The zero-order valence-electron chi connectivity index (χ0n) is 9.02. The SMILES string of the molecule is COC(=O)CN(C)C(=O)CCSSSC. The predicted molar refractivity (Wildman–Crippen MR) is 67.8 cm³/mol. The van der Waals surface area contributed by atoms with E-state index in [0.29, 0.717) is 6.42 Å². The molecule has 0 aliphatic heterocycles. The van der Waals surface area contributed by atoms with Crippen LogP contribution in [0.15, 0.2) is 0 Å². The molecule has 0 aromatic carbocycles. The van der Waals surface area contributed by atoms with Crippen molar-refractivity contribution in [2.75, 3.05) is 32.7 Å². The van der Waals surface area contributed by atoms with E-state index in [2.05, 4.69) is 4.74 Å². The molecule has 0 saturated heterocycles. The highest BCUT2D eigenvalue weighted by Crippen LogP contribution is 2.32. The molecule has 0 aliphatic carbocycles. The van der Waals surface area contributed by atoms with Crippen molar-refractivity contribution in [1.29, 1.82) is 0 Å². The van der Waals surface area contributed by atoms with E-state index < -0.39 is 5.97 Å². The molecule has 0 unspecified atom stereocenters. The Morgan fingerprint density at radius 2 is 2.07 bits per heavy atom. The molecule has 88 valence electrons. The van der Waals surface area contributed by atoms with Crippen molar-refractivity contribution in [2.45, 2.75) is 6.42 Å². The van der Waals surface area contributed by atoms with E-state index >= 15 is 0 Å². The molecule has 0 heterocycles. The van der Waals surface area contributed by atoms with Crippen molar-refractivity contribution in [1.82, 2.24) is 4.90 Å². The Kier molecular flexibility index (Phi) is 9.23. The van der Waals surface area contributed by atoms with Crippen LogP contribution in [0.1, 0.15) is 6.42 Å². The molecule has 0 aliphatic rings. The lowest BCUT2D eigenvalue weighted by molar-refractivity contribution is -0.145. The van der Waals surface area contributed by atoms with Crippen LogP contribution in [-0.2, 0) is 14.3 Å². The quantitative estimate of drug-likeness (QED) is 0.398. The summed E-state index contributed by atoms with van der Waals surface area (Å²) in [5, 5.41) is 0. The maximum absolute atomic E-state index is 11.4. The molecule has 0 fully saturated rings. The Bertz CT molecular complexity index is 213. The fourth-order valence-electron chi connectivity index (χ4n) is 0.748. The van der Waals surface area contributed by atoms with Crippen LogP contribution in [0.5, 0.6) is 0 Å². The Morgan fingerprint density at radius 3 is 2.60 bits per heavy atom. The van der Waals surface area contributed by atoms with E-state index in [-0.39, 0.29) is 12.5 Å². The van der Waals surface area contributed by atoms with Crippen LogP contribution in [0.25, 0.3) is 0 Å². The molecule has 7 heteroatoms. The summed E-state index contributed by atoms with van der Waals surface area (Å²) in [6.45, 7) is 0.0235. The molecule has 0 aromatic heterocycles. The second-order valence-corrected chi connectivity index (χ2v) is 7.09. The van der Waals surface area contributed by atoms with Gasteiger partial charge in [0.15, 0.2) is 0 Å². The Hall–Kier alpha value is -0.0100. The topological polar surface area (TPSA) is 46.6 Å². The largest absolute Gasteiger partial charge is 0.468 e.